The molecule has 0 aliphatic heterocycles. The Morgan fingerprint density at radius 3 is 2.59 bits per heavy atom. The highest BCUT2D eigenvalue weighted by Gasteiger charge is 2.12. The Bertz CT molecular complexity index is 1170. The van der Waals surface area contributed by atoms with E-state index in [0.717, 1.165) is 34.5 Å². The Morgan fingerprint density at radius 1 is 1.17 bits per heavy atom. The van der Waals surface area contributed by atoms with Crippen LogP contribution in [0.15, 0.2) is 58.1 Å². The molecule has 0 aliphatic carbocycles. The van der Waals surface area contributed by atoms with Crippen molar-refractivity contribution in [1.29, 1.82) is 0 Å². The van der Waals surface area contributed by atoms with Gasteiger partial charge in [0.2, 0.25) is 5.91 Å². The Kier molecular flexibility index (Phi) is 5.79. The third-order valence-electron chi connectivity index (χ3n) is 4.82. The minimum absolute atomic E-state index is 0.170. The Labute approximate surface area is 170 Å². The van der Waals surface area contributed by atoms with E-state index in [2.05, 4.69) is 9.88 Å². The smallest absolute Gasteiger partial charge is 0.248 e. The van der Waals surface area contributed by atoms with Crippen LogP contribution < -0.4 is 5.32 Å². The molecule has 3 aromatic rings. The fraction of sp³-hybridized carbons (Fsp3) is 0.227. The number of carbonyl (C=O) groups is 1. The lowest BCUT2D eigenvalue weighted by atomic mass is 10.2. The first kappa shape index (κ1) is 20.7. The van der Waals surface area contributed by atoms with Crippen LogP contribution in [-0.4, -0.2) is 25.1 Å². The third kappa shape index (κ3) is 4.86. The summed E-state index contributed by atoms with van der Waals surface area (Å²) in [4.78, 5) is 12.6. The first-order valence-corrected chi connectivity index (χ1v) is 11.0. The van der Waals surface area contributed by atoms with E-state index in [1.807, 2.05) is 39.0 Å². The minimum Gasteiger partial charge on any atom is -0.467 e. The lowest BCUT2D eigenvalue weighted by Gasteiger charge is -2.08. The molecule has 0 fully saturated rings. The SMILES string of the molecule is Cc1ccc(S(C)(=O)=O)cc1NC(=O)/C=C/c1cc(C)n(Cc2ccco2)c1C. The number of rotatable bonds is 6. The molecule has 0 spiro atoms. The zero-order valence-electron chi connectivity index (χ0n) is 16.9. The molecule has 3 rings (SSSR count). The number of aryl methyl sites for hydroxylation is 2. The topological polar surface area (TPSA) is 81.3 Å². The van der Waals surface area contributed by atoms with Crippen molar-refractivity contribution >= 4 is 27.5 Å². The van der Waals surface area contributed by atoms with Gasteiger partial charge in [-0.2, -0.15) is 0 Å². The lowest BCUT2D eigenvalue weighted by Crippen LogP contribution is -2.10. The molecule has 2 aromatic heterocycles. The number of hydrogen-bond donors (Lipinski definition) is 1. The molecule has 0 unspecified atom stereocenters. The largest absolute Gasteiger partial charge is 0.467 e. The number of anilines is 1. The summed E-state index contributed by atoms with van der Waals surface area (Å²) in [5.41, 5.74) is 4.29. The van der Waals surface area contributed by atoms with Crippen molar-refractivity contribution in [2.45, 2.75) is 32.2 Å². The molecule has 0 bridgehead atoms. The number of benzene rings is 1. The van der Waals surface area contributed by atoms with E-state index < -0.39 is 9.84 Å². The number of nitrogens with one attached hydrogen (secondary N) is 1. The van der Waals surface area contributed by atoms with Crippen LogP contribution in [0.1, 0.15) is 28.3 Å². The van der Waals surface area contributed by atoms with Crippen LogP contribution in [0.25, 0.3) is 6.08 Å². The van der Waals surface area contributed by atoms with Gasteiger partial charge in [0.05, 0.1) is 17.7 Å². The maximum absolute atomic E-state index is 12.4. The fourth-order valence-electron chi connectivity index (χ4n) is 3.10. The summed E-state index contributed by atoms with van der Waals surface area (Å²) in [6.07, 6.45) is 5.99. The first-order chi connectivity index (χ1) is 13.6. The normalized spacial score (nSPS) is 11.9. The molecule has 7 heteroatoms. The summed E-state index contributed by atoms with van der Waals surface area (Å²) in [7, 11) is -3.34. The average Bonchev–Trinajstić information content (AvgIpc) is 3.25. The van der Waals surface area contributed by atoms with Crippen molar-refractivity contribution in [2.24, 2.45) is 0 Å². The number of sulfone groups is 1. The van der Waals surface area contributed by atoms with Gasteiger partial charge in [-0.3, -0.25) is 4.79 Å². The Balaban J connectivity index is 1.76. The molecule has 152 valence electrons. The van der Waals surface area contributed by atoms with Gasteiger partial charge < -0.3 is 14.3 Å². The number of carbonyl (C=O) groups excluding carboxylic acids is 1. The van der Waals surface area contributed by atoms with Crippen molar-refractivity contribution in [3.8, 4) is 0 Å². The maximum atomic E-state index is 12.4. The molecule has 29 heavy (non-hydrogen) atoms. The summed E-state index contributed by atoms with van der Waals surface area (Å²) >= 11 is 0. The molecule has 1 amide bonds. The molecular formula is C22H24N2O4S. The number of amides is 1. The molecule has 0 saturated carbocycles. The quantitative estimate of drug-likeness (QED) is 0.618. The van der Waals surface area contributed by atoms with Crippen LogP contribution in [0.3, 0.4) is 0 Å². The lowest BCUT2D eigenvalue weighted by molar-refractivity contribution is -0.111. The van der Waals surface area contributed by atoms with E-state index >= 15 is 0 Å². The Hall–Kier alpha value is -3.06. The summed E-state index contributed by atoms with van der Waals surface area (Å²) in [5, 5.41) is 2.76. The first-order valence-electron chi connectivity index (χ1n) is 9.14. The fourth-order valence-corrected chi connectivity index (χ4v) is 3.75. The van der Waals surface area contributed by atoms with Gasteiger partial charge in [-0.25, -0.2) is 8.42 Å². The van der Waals surface area contributed by atoms with Crippen molar-refractivity contribution in [3.05, 3.63) is 77.0 Å². The summed E-state index contributed by atoms with van der Waals surface area (Å²) in [5.74, 6) is 0.538. The van der Waals surface area contributed by atoms with Gasteiger partial charge in [-0.15, -0.1) is 0 Å². The van der Waals surface area contributed by atoms with Crippen molar-refractivity contribution in [2.75, 3.05) is 11.6 Å². The number of aromatic nitrogens is 1. The monoisotopic (exact) mass is 412 g/mol. The second-order valence-electron chi connectivity index (χ2n) is 7.06. The molecule has 0 saturated heterocycles. The standard InChI is InChI=1S/C22H24N2O4S/c1-15-7-9-20(29(4,26)27)13-21(15)23-22(25)10-8-18-12-16(2)24(17(18)3)14-19-6-5-11-28-19/h5-13H,14H2,1-4H3,(H,23,25)/b10-8+. The molecule has 2 heterocycles. The van der Waals surface area contributed by atoms with E-state index in [1.165, 1.54) is 18.2 Å². The molecule has 0 radical (unpaired) electrons. The average molecular weight is 413 g/mol. The summed E-state index contributed by atoms with van der Waals surface area (Å²) < 4.78 is 31.0. The van der Waals surface area contributed by atoms with Gasteiger partial charge in [-0.05, 0) is 68.3 Å². The van der Waals surface area contributed by atoms with Gasteiger partial charge in [0, 0.05) is 29.4 Å². The van der Waals surface area contributed by atoms with E-state index in [-0.39, 0.29) is 10.8 Å². The highest BCUT2D eigenvalue weighted by molar-refractivity contribution is 7.90. The maximum Gasteiger partial charge on any atom is 0.248 e. The van der Waals surface area contributed by atoms with Crippen LogP contribution in [0.2, 0.25) is 0 Å². The van der Waals surface area contributed by atoms with E-state index in [9.17, 15) is 13.2 Å². The molecule has 0 atom stereocenters. The van der Waals surface area contributed by atoms with Crippen molar-refractivity contribution in [3.63, 3.8) is 0 Å². The third-order valence-corrected chi connectivity index (χ3v) is 5.93. The van der Waals surface area contributed by atoms with Gasteiger partial charge >= 0.3 is 0 Å². The predicted molar refractivity (Wildman–Crippen MR) is 114 cm³/mol. The van der Waals surface area contributed by atoms with Crippen LogP contribution >= 0.6 is 0 Å². The molecule has 1 aromatic carbocycles. The zero-order valence-corrected chi connectivity index (χ0v) is 17.7. The Morgan fingerprint density at radius 2 is 1.93 bits per heavy atom. The highest BCUT2D eigenvalue weighted by atomic mass is 32.2. The van der Waals surface area contributed by atoms with Crippen molar-refractivity contribution < 1.29 is 17.6 Å². The van der Waals surface area contributed by atoms with Gasteiger partial charge in [0.15, 0.2) is 9.84 Å². The van der Waals surface area contributed by atoms with E-state index in [0.29, 0.717) is 12.2 Å². The van der Waals surface area contributed by atoms with Crippen molar-refractivity contribution in [1.82, 2.24) is 4.57 Å². The van der Waals surface area contributed by atoms with Crippen LogP contribution in [-0.2, 0) is 21.2 Å². The second kappa shape index (κ2) is 8.13. The predicted octanol–water partition coefficient (Wildman–Crippen LogP) is 4.11. The number of hydrogen-bond acceptors (Lipinski definition) is 4. The van der Waals surface area contributed by atoms with Crippen LogP contribution in [0.4, 0.5) is 5.69 Å². The minimum atomic E-state index is -3.34. The van der Waals surface area contributed by atoms with Gasteiger partial charge in [0.25, 0.3) is 0 Å². The van der Waals surface area contributed by atoms with Gasteiger partial charge in [-0.1, -0.05) is 6.07 Å². The summed E-state index contributed by atoms with van der Waals surface area (Å²) in [6.45, 7) is 6.44. The molecular weight excluding hydrogens is 388 g/mol. The number of furan rings is 1. The zero-order chi connectivity index (χ0) is 21.2. The summed E-state index contributed by atoms with van der Waals surface area (Å²) in [6, 6.07) is 10.5. The highest BCUT2D eigenvalue weighted by Crippen LogP contribution is 2.21. The second-order valence-corrected chi connectivity index (χ2v) is 9.08. The molecule has 0 aliphatic rings. The van der Waals surface area contributed by atoms with Crippen LogP contribution in [0.5, 0.6) is 0 Å². The van der Waals surface area contributed by atoms with E-state index in [4.69, 9.17) is 4.42 Å². The van der Waals surface area contributed by atoms with Crippen LogP contribution in [0, 0.1) is 20.8 Å². The van der Waals surface area contributed by atoms with E-state index in [1.54, 1.807) is 18.4 Å². The molecule has 1 N–H and O–H groups in total. The van der Waals surface area contributed by atoms with Gasteiger partial charge in [0.1, 0.15) is 5.76 Å². The number of nitrogens with zero attached hydrogens (tertiary/aromatic N) is 1. The molecule has 6 nitrogen and oxygen atoms in total.